The molecule has 0 spiro atoms. The van der Waals surface area contributed by atoms with Crippen molar-refractivity contribution in [3.05, 3.63) is 23.7 Å². The summed E-state index contributed by atoms with van der Waals surface area (Å²) >= 11 is 0. The van der Waals surface area contributed by atoms with Gasteiger partial charge in [0.15, 0.2) is 12.6 Å². The fraction of sp³-hybridized carbons (Fsp3) is 0.892. The van der Waals surface area contributed by atoms with Crippen molar-refractivity contribution >= 4 is 0 Å². The molecule has 12 heteroatoms. The van der Waals surface area contributed by atoms with Crippen LogP contribution in [-0.2, 0) is 33.2 Å². The Hall–Kier alpha value is -1.32. The van der Waals surface area contributed by atoms with Crippen molar-refractivity contribution in [1.29, 1.82) is 0 Å². The predicted octanol–water partition coefficient (Wildman–Crippen LogP) is 3.54. The number of aliphatic hydroxyl groups is 4. The predicted molar refractivity (Wildman–Crippen MR) is 183 cm³/mol. The largest absolute Gasteiger partial charge is 0.491 e. The van der Waals surface area contributed by atoms with Gasteiger partial charge >= 0.3 is 0 Å². The van der Waals surface area contributed by atoms with Gasteiger partial charge in [-0.2, -0.15) is 0 Å². The van der Waals surface area contributed by atoms with Gasteiger partial charge in [-0.15, -0.1) is 0 Å². The third kappa shape index (κ3) is 7.89. The Balaban J connectivity index is 1.82. The molecule has 4 aliphatic heterocycles. The van der Waals surface area contributed by atoms with E-state index < -0.39 is 89.9 Å². The second-order valence-electron chi connectivity index (χ2n) is 15.9. The molecule has 3 fully saturated rings. The van der Waals surface area contributed by atoms with E-state index in [4.69, 9.17) is 33.2 Å². The zero-order valence-corrected chi connectivity index (χ0v) is 31.8. The number of methoxy groups -OCH3 is 1. The zero-order valence-electron chi connectivity index (χ0n) is 31.8. The summed E-state index contributed by atoms with van der Waals surface area (Å²) < 4.78 is 45.6. The molecule has 4 heterocycles. The molecule has 0 aromatic heterocycles. The number of rotatable bonds is 9. The van der Waals surface area contributed by atoms with Gasteiger partial charge in [-0.05, 0) is 67.0 Å². The van der Waals surface area contributed by atoms with Crippen LogP contribution in [-0.4, -0.2) is 119 Å². The second kappa shape index (κ2) is 15.3. The lowest BCUT2D eigenvalue weighted by Gasteiger charge is -2.48. The summed E-state index contributed by atoms with van der Waals surface area (Å²) in [7, 11) is 3.38. The quantitative estimate of drug-likeness (QED) is 0.239. The molecule has 0 saturated carbocycles. The first-order valence-electron chi connectivity index (χ1n) is 18.1. The number of fused-ring (bicyclic) bond motifs is 2. The van der Waals surface area contributed by atoms with Gasteiger partial charge in [0.25, 0.3) is 0 Å². The molecular formula is C37H65NO11. The summed E-state index contributed by atoms with van der Waals surface area (Å²) in [5, 5.41) is 48.4. The van der Waals surface area contributed by atoms with Crippen molar-refractivity contribution in [2.75, 3.05) is 14.2 Å². The second-order valence-corrected chi connectivity index (χ2v) is 15.9. The number of ether oxygens (including phenoxy) is 7. The van der Waals surface area contributed by atoms with E-state index in [2.05, 4.69) is 11.9 Å². The number of aliphatic hydroxyl groups excluding tert-OH is 3. The van der Waals surface area contributed by atoms with Crippen LogP contribution in [0, 0.1) is 17.8 Å². The van der Waals surface area contributed by atoms with E-state index in [0.717, 1.165) is 5.57 Å². The first kappa shape index (κ1) is 40.5. The molecule has 0 aromatic rings. The van der Waals surface area contributed by atoms with Gasteiger partial charge in [0.1, 0.15) is 41.4 Å². The first-order chi connectivity index (χ1) is 22.7. The lowest BCUT2D eigenvalue weighted by Crippen LogP contribution is -2.60. The Kier molecular flexibility index (Phi) is 12.7. The molecule has 17 atom stereocenters. The van der Waals surface area contributed by atoms with Gasteiger partial charge in [0.2, 0.25) is 0 Å². The van der Waals surface area contributed by atoms with E-state index in [1.165, 1.54) is 0 Å². The Morgan fingerprint density at radius 2 is 1.73 bits per heavy atom. The first-order valence-corrected chi connectivity index (χ1v) is 18.1. The van der Waals surface area contributed by atoms with Crippen molar-refractivity contribution in [3.8, 4) is 0 Å². The zero-order chi connectivity index (χ0) is 36.8. The molecule has 0 radical (unpaired) electrons. The van der Waals surface area contributed by atoms with Crippen LogP contribution in [0.4, 0.5) is 0 Å². The topological polar surface area (TPSA) is 158 Å². The minimum atomic E-state index is -1.66. The van der Waals surface area contributed by atoms with Crippen LogP contribution in [0.2, 0.25) is 0 Å². The Morgan fingerprint density at radius 1 is 1.08 bits per heavy atom. The van der Waals surface area contributed by atoms with E-state index in [1.54, 1.807) is 21.0 Å². The third-order valence-corrected chi connectivity index (χ3v) is 11.8. The molecule has 3 saturated heterocycles. The van der Waals surface area contributed by atoms with Gasteiger partial charge in [-0.25, -0.2) is 0 Å². The van der Waals surface area contributed by atoms with E-state index in [0.29, 0.717) is 30.8 Å². The SMILES string of the molecule is C=C1O[C@@H]([C@](C)(O)[C@H](O)CC)[C@@H](C)C2=C(C)C[C@@](C)(O2)[C@H](O[C@@H]2OC(C)CC(NC)C2O)[C@@H](C)[C@H](O[C@H]2CC(C)(OC)[C@@H](O)C(C)O2)[C@H]1C. The number of likely N-dealkylation sites (N-methyl/N-ethyl adjacent to an activating group) is 1. The van der Waals surface area contributed by atoms with E-state index >= 15 is 0 Å². The molecule has 4 rings (SSSR count). The van der Waals surface area contributed by atoms with Gasteiger partial charge < -0.3 is 58.9 Å². The lowest BCUT2D eigenvalue weighted by atomic mass is 9.78. The molecule has 5 unspecified atom stereocenters. The van der Waals surface area contributed by atoms with Crippen molar-refractivity contribution in [2.45, 2.75) is 179 Å². The standard InChI is InChI=1S/C37H65NO11/c1-14-26(39)37(11,42)33-21(5)29-18(2)16-36(10,49-29)32(48-34-28(40)25(38-12)15-19(3)44-34)22(6)30(20(4)23(7)46-33)47-27-17-35(9,43-13)31(41)24(8)45-27/h19-22,24-28,30-34,38-42H,7,14-17H2,1-6,8-13H3/t19?,20-,21-,22-,24?,25?,26+,27-,28?,30+,31-,32+,33+,34-,35?,36+,37+/m0/s1. The number of hydrogen-bond donors (Lipinski definition) is 5. The average Bonchev–Trinajstić information content (AvgIpc) is 3.37. The van der Waals surface area contributed by atoms with Crippen molar-refractivity contribution in [3.63, 3.8) is 0 Å². The summed E-state index contributed by atoms with van der Waals surface area (Å²) in [6.45, 7) is 23.2. The average molecular weight is 700 g/mol. The maximum absolute atomic E-state index is 11.8. The molecule has 49 heavy (non-hydrogen) atoms. The molecule has 284 valence electrons. The summed E-state index contributed by atoms with van der Waals surface area (Å²) in [6, 6.07) is -0.234. The lowest BCUT2D eigenvalue weighted by molar-refractivity contribution is -0.314. The van der Waals surface area contributed by atoms with Crippen LogP contribution in [0.1, 0.15) is 94.9 Å². The van der Waals surface area contributed by atoms with Crippen molar-refractivity contribution < 1.29 is 53.6 Å². The summed E-state index contributed by atoms with van der Waals surface area (Å²) in [5.41, 5.74) is -2.56. The highest BCUT2D eigenvalue weighted by molar-refractivity contribution is 5.23. The van der Waals surface area contributed by atoms with Crippen molar-refractivity contribution in [1.82, 2.24) is 5.32 Å². The van der Waals surface area contributed by atoms with Gasteiger partial charge in [-0.1, -0.05) is 34.3 Å². The maximum Gasteiger partial charge on any atom is 0.185 e. The van der Waals surface area contributed by atoms with Gasteiger partial charge in [0, 0.05) is 37.8 Å². The molecule has 12 nitrogen and oxygen atoms in total. The normalized spacial score (nSPS) is 47.1. The fourth-order valence-electron chi connectivity index (χ4n) is 8.61. The fourth-order valence-corrected chi connectivity index (χ4v) is 8.61. The van der Waals surface area contributed by atoms with E-state index in [1.807, 2.05) is 62.4 Å². The Bertz CT molecular complexity index is 1180. The number of nitrogens with one attached hydrogen (secondary N) is 1. The van der Waals surface area contributed by atoms with Gasteiger partial charge in [-0.3, -0.25) is 0 Å². The molecule has 5 N–H and O–H groups in total. The van der Waals surface area contributed by atoms with E-state index in [-0.39, 0.29) is 18.6 Å². The van der Waals surface area contributed by atoms with E-state index in [9.17, 15) is 20.4 Å². The van der Waals surface area contributed by atoms with Gasteiger partial charge in [0.05, 0.1) is 41.7 Å². The maximum atomic E-state index is 11.8. The highest BCUT2D eigenvalue weighted by Gasteiger charge is 2.56. The van der Waals surface area contributed by atoms with Crippen LogP contribution in [0.5, 0.6) is 0 Å². The molecule has 0 amide bonds. The highest BCUT2D eigenvalue weighted by atomic mass is 16.7. The number of hydrogen-bond acceptors (Lipinski definition) is 12. The molecule has 0 aromatic carbocycles. The van der Waals surface area contributed by atoms with Crippen LogP contribution in [0.3, 0.4) is 0 Å². The summed E-state index contributed by atoms with van der Waals surface area (Å²) in [6.07, 6.45) is -5.94. The Morgan fingerprint density at radius 3 is 2.33 bits per heavy atom. The molecule has 0 aliphatic carbocycles. The monoisotopic (exact) mass is 699 g/mol. The molecular weight excluding hydrogens is 634 g/mol. The van der Waals surface area contributed by atoms with Crippen molar-refractivity contribution in [2.24, 2.45) is 17.8 Å². The highest BCUT2D eigenvalue weighted by Crippen LogP contribution is 2.49. The molecule has 2 bridgehead atoms. The Labute approximate surface area is 293 Å². The minimum Gasteiger partial charge on any atom is -0.491 e. The third-order valence-electron chi connectivity index (χ3n) is 11.8. The molecule has 4 aliphatic rings. The minimum absolute atomic E-state index is 0.168. The summed E-state index contributed by atoms with van der Waals surface area (Å²) in [4.78, 5) is 0. The van der Waals surface area contributed by atoms with Crippen LogP contribution in [0.25, 0.3) is 0 Å². The smallest absolute Gasteiger partial charge is 0.185 e. The summed E-state index contributed by atoms with van der Waals surface area (Å²) in [5.74, 6) is -0.388. The van der Waals surface area contributed by atoms with Crippen LogP contribution in [0.15, 0.2) is 23.7 Å². The van der Waals surface area contributed by atoms with Crippen LogP contribution < -0.4 is 5.32 Å². The van der Waals surface area contributed by atoms with Crippen LogP contribution >= 0.6 is 0 Å².